The van der Waals surface area contributed by atoms with Gasteiger partial charge < -0.3 is 14.5 Å². The minimum absolute atomic E-state index is 0.147. The number of esters is 1. The number of carbonyl (C=O) groups is 2. The van der Waals surface area contributed by atoms with Gasteiger partial charge in [0.1, 0.15) is 23.7 Å². The largest absolute Gasteiger partial charge is 0.454 e. The van der Waals surface area contributed by atoms with E-state index in [2.05, 4.69) is 5.10 Å². The molecule has 2 heterocycles. The second kappa shape index (κ2) is 8.89. The van der Waals surface area contributed by atoms with Gasteiger partial charge in [-0.3, -0.25) is 24.4 Å². The molecule has 10 nitrogen and oxygen atoms in total. The zero-order valence-electron chi connectivity index (χ0n) is 16.7. The van der Waals surface area contributed by atoms with Crippen LogP contribution in [0.15, 0.2) is 24.3 Å². The molecule has 0 aliphatic carbocycles. The summed E-state index contributed by atoms with van der Waals surface area (Å²) < 4.78 is 20.1. The molecule has 0 radical (unpaired) electrons. The lowest BCUT2D eigenvalue weighted by Crippen LogP contribution is -2.50. The summed E-state index contributed by atoms with van der Waals surface area (Å²) in [6.45, 7) is 3.92. The highest BCUT2D eigenvalue weighted by atomic mass is 19.1. The molecule has 0 N–H and O–H groups in total. The third-order valence-corrected chi connectivity index (χ3v) is 4.99. The number of aryl methyl sites for hydroxylation is 1. The van der Waals surface area contributed by atoms with Gasteiger partial charge in [-0.05, 0) is 26.0 Å². The predicted octanol–water partition coefficient (Wildman–Crippen LogP) is 1.44. The van der Waals surface area contributed by atoms with Crippen molar-refractivity contribution in [1.29, 1.82) is 0 Å². The lowest BCUT2D eigenvalue weighted by Gasteiger charge is -2.36. The Kier molecular flexibility index (Phi) is 6.28. The van der Waals surface area contributed by atoms with E-state index in [1.165, 1.54) is 24.6 Å². The van der Waals surface area contributed by atoms with Gasteiger partial charge in [0.25, 0.3) is 5.91 Å². The molecule has 1 fully saturated rings. The summed E-state index contributed by atoms with van der Waals surface area (Å²) in [4.78, 5) is 38.3. The predicted molar refractivity (Wildman–Crippen MR) is 105 cm³/mol. The van der Waals surface area contributed by atoms with Gasteiger partial charge in [-0.15, -0.1) is 0 Å². The number of anilines is 1. The van der Waals surface area contributed by atoms with E-state index >= 15 is 0 Å². The minimum atomic E-state index is -0.714. The van der Waals surface area contributed by atoms with Crippen LogP contribution in [-0.2, 0) is 20.9 Å². The quantitative estimate of drug-likeness (QED) is 0.396. The Hall–Kier alpha value is -3.50. The molecule has 1 aromatic heterocycles. The summed E-state index contributed by atoms with van der Waals surface area (Å²) in [5, 5.41) is 15.0. The van der Waals surface area contributed by atoms with Gasteiger partial charge in [0, 0.05) is 26.2 Å². The molecule has 0 atom stereocenters. The Morgan fingerprint density at radius 3 is 2.47 bits per heavy atom. The summed E-state index contributed by atoms with van der Waals surface area (Å²) in [5.41, 5.74) is 0.792. The summed E-state index contributed by atoms with van der Waals surface area (Å²) in [5.74, 6) is -1.37. The van der Waals surface area contributed by atoms with Gasteiger partial charge in [-0.2, -0.15) is 5.10 Å². The molecule has 0 spiro atoms. The van der Waals surface area contributed by atoms with Crippen molar-refractivity contribution < 1.29 is 23.6 Å². The van der Waals surface area contributed by atoms with E-state index < -0.39 is 17.5 Å². The number of ether oxygens (including phenoxy) is 1. The first kappa shape index (κ1) is 21.2. The number of para-hydroxylation sites is 1. The van der Waals surface area contributed by atoms with Crippen LogP contribution in [0.3, 0.4) is 0 Å². The molecule has 1 saturated heterocycles. The third-order valence-electron chi connectivity index (χ3n) is 4.99. The fourth-order valence-corrected chi connectivity index (χ4v) is 3.41. The standard InChI is InChI=1S/C19H22FN5O5/c1-13-19(25(28)29)14(2)24(21-13)11-18(27)30-12-17(26)23-9-7-22(8-10-23)16-6-4-3-5-15(16)20/h3-6H,7-12H2,1-2H3. The highest BCUT2D eigenvalue weighted by molar-refractivity contribution is 5.81. The van der Waals surface area contributed by atoms with Crippen LogP contribution in [0.2, 0.25) is 0 Å². The van der Waals surface area contributed by atoms with E-state index in [9.17, 15) is 24.1 Å². The van der Waals surface area contributed by atoms with Gasteiger partial charge in [0.05, 0.1) is 10.6 Å². The highest BCUT2D eigenvalue weighted by Crippen LogP contribution is 2.22. The number of benzene rings is 1. The lowest BCUT2D eigenvalue weighted by atomic mass is 10.2. The van der Waals surface area contributed by atoms with E-state index in [0.29, 0.717) is 31.9 Å². The average molecular weight is 419 g/mol. The van der Waals surface area contributed by atoms with Crippen molar-refractivity contribution >= 4 is 23.3 Å². The van der Waals surface area contributed by atoms with Gasteiger partial charge in [-0.1, -0.05) is 12.1 Å². The number of halogens is 1. The van der Waals surface area contributed by atoms with E-state index in [0.717, 1.165) is 0 Å². The van der Waals surface area contributed by atoms with E-state index in [-0.39, 0.29) is 35.3 Å². The maximum absolute atomic E-state index is 13.9. The monoisotopic (exact) mass is 419 g/mol. The molecule has 1 amide bonds. The number of piperazine rings is 1. The smallest absolute Gasteiger partial charge is 0.328 e. The summed E-state index contributed by atoms with van der Waals surface area (Å²) in [6.07, 6.45) is 0. The molecule has 2 aromatic rings. The van der Waals surface area contributed by atoms with Crippen molar-refractivity contribution in [1.82, 2.24) is 14.7 Å². The zero-order chi connectivity index (χ0) is 21.8. The Morgan fingerprint density at radius 1 is 1.20 bits per heavy atom. The molecular formula is C19H22FN5O5. The van der Waals surface area contributed by atoms with Crippen molar-refractivity contribution in [3.63, 3.8) is 0 Å². The molecule has 1 aromatic carbocycles. The molecule has 11 heteroatoms. The Bertz CT molecular complexity index is 968. The number of nitrogens with zero attached hydrogens (tertiary/aromatic N) is 5. The van der Waals surface area contributed by atoms with Crippen molar-refractivity contribution in [2.45, 2.75) is 20.4 Å². The summed E-state index contributed by atoms with van der Waals surface area (Å²) in [6, 6.07) is 6.46. The van der Waals surface area contributed by atoms with Crippen LogP contribution in [0.25, 0.3) is 0 Å². The van der Waals surface area contributed by atoms with Crippen molar-refractivity contribution in [3.8, 4) is 0 Å². The first-order valence-electron chi connectivity index (χ1n) is 9.39. The number of rotatable bonds is 6. The molecular weight excluding hydrogens is 397 g/mol. The van der Waals surface area contributed by atoms with Crippen molar-refractivity contribution in [2.75, 3.05) is 37.7 Å². The van der Waals surface area contributed by atoms with Gasteiger partial charge in [-0.25, -0.2) is 4.39 Å². The number of nitro groups is 1. The Labute approximate surface area is 172 Å². The second-order valence-corrected chi connectivity index (χ2v) is 6.91. The fourth-order valence-electron chi connectivity index (χ4n) is 3.41. The average Bonchev–Trinajstić information content (AvgIpc) is 2.99. The number of hydrogen-bond acceptors (Lipinski definition) is 7. The van der Waals surface area contributed by atoms with Gasteiger partial charge in [0.2, 0.25) is 0 Å². The van der Waals surface area contributed by atoms with Gasteiger partial charge >= 0.3 is 11.7 Å². The maximum atomic E-state index is 13.9. The number of amides is 1. The Balaban J connectivity index is 1.48. The van der Waals surface area contributed by atoms with E-state index in [1.54, 1.807) is 23.1 Å². The molecule has 3 rings (SSSR count). The molecule has 160 valence electrons. The fraction of sp³-hybridized carbons (Fsp3) is 0.421. The van der Waals surface area contributed by atoms with Crippen LogP contribution in [0.5, 0.6) is 0 Å². The highest BCUT2D eigenvalue weighted by Gasteiger charge is 2.25. The van der Waals surface area contributed by atoms with E-state index in [4.69, 9.17) is 4.74 Å². The SMILES string of the molecule is Cc1nn(CC(=O)OCC(=O)N2CCN(c3ccccc3F)CC2)c(C)c1[N+](=O)[O-]. The normalized spacial score (nSPS) is 14.0. The van der Waals surface area contributed by atoms with Crippen LogP contribution < -0.4 is 4.90 Å². The van der Waals surface area contributed by atoms with Crippen molar-refractivity contribution in [2.24, 2.45) is 0 Å². The van der Waals surface area contributed by atoms with Crippen LogP contribution in [0.4, 0.5) is 15.8 Å². The Morgan fingerprint density at radius 2 is 1.87 bits per heavy atom. The number of carbonyl (C=O) groups excluding carboxylic acids is 2. The second-order valence-electron chi connectivity index (χ2n) is 6.91. The molecule has 30 heavy (non-hydrogen) atoms. The van der Waals surface area contributed by atoms with Crippen molar-refractivity contribution in [3.05, 3.63) is 51.6 Å². The molecule has 0 bridgehead atoms. The number of hydrogen-bond donors (Lipinski definition) is 0. The van der Waals surface area contributed by atoms with Gasteiger partial charge in [0.15, 0.2) is 6.61 Å². The number of aromatic nitrogens is 2. The minimum Gasteiger partial charge on any atom is -0.454 e. The first-order chi connectivity index (χ1) is 14.3. The first-order valence-corrected chi connectivity index (χ1v) is 9.39. The molecule has 1 aliphatic rings. The van der Waals surface area contributed by atoms with Crippen LogP contribution in [-0.4, -0.2) is 64.3 Å². The molecule has 0 unspecified atom stereocenters. The summed E-state index contributed by atoms with van der Waals surface area (Å²) in [7, 11) is 0. The van der Waals surface area contributed by atoms with Crippen LogP contribution in [0.1, 0.15) is 11.4 Å². The third kappa shape index (κ3) is 4.56. The molecule has 1 aliphatic heterocycles. The topological polar surface area (TPSA) is 111 Å². The van der Waals surface area contributed by atoms with Crippen LogP contribution >= 0.6 is 0 Å². The lowest BCUT2D eigenvalue weighted by molar-refractivity contribution is -0.386. The molecule has 0 saturated carbocycles. The maximum Gasteiger partial charge on any atom is 0.328 e. The zero-order valence-corrected chi connectivity index (χ0v) is 16.7. The summed E-state index contributed by atoms with van der Waals surface area (Å²) >= 11 is 0. The van der Waals surface area contributed by atoms with Crippen LogP contribution in [0, 0.1) is 29.8 Å². The van der Waals surface area contributed by atoms with E-state index in [1.807, 2.05) is 4.90 Å².